The smallest absolute Gasteiger partial charge is 0.176 e. The van der Waals surface area contributed by atoms with Gasteiger partial charge in [0, 0.05) is 17.4 Å². The summed E-state index contributed by atoms with van der Waals surface area (Å²) in [7, 11) is -1.81. The van der Waals surface area contributed by atoms with E-state index in [1.807, 2.05) is 0 Å². The molecule has 0 radical (unpaired) electrons. The molecule has 90 valence electrons. The summed E-state index contributed by atoms with van der Waals surface area (Å²) < 4.78 is 28.5. The Bertz CT molecular complexity index is 486. The van der Waals surface area contributed by atoms with Crippen molar-refractivity contribution < 1.29 is 13.2 Å². The van der Waals surface area contributed by atoms with Crippen LogP contribution in [-0.2, 0) is 15.4 Å². The van der Waals surface area contributed by atoms with E-state index >= 15 is 0 Å². The summed E-state index contributed by atoms with van der Waals surface area (Å²) in [4.78, 5) is 0.222. The molecule has 4 nitrogen and oxygen atoms in total. The van der Waals surface area contributed by atoms with Gasteiger partial charge in [0.25, 0.3) is 0 Å². The second-order valence-electron chi connectivity index (χ2n) is 4.33. The van der Waals surface area contributed by atoms with Crippen molar-refractivity contribution in [2.45, 2.75) is 24.3 Å². The van der Waals surface area contributed by atoms with Crippen molar-refractivity contribution in [1.29, 1.82) is 0 Å². The molecule has 0 amide bonds. The van der Waals surface area contributed by atoms with Crippen LogP contribution in [0.15, 0.2) is 23.1 Å². The Morgan fingerprint density at radius 3 is 2.25 bits per heavy atom. The normalized spacial score (nSPS) is 12.6. The van der Waals surface area contributed by atoms with Gasteiger partial charge in [0.05, 0.1) is 12.0 Å². The predicted octanol–water partition coefficient (Wildman–Crippen LogP) is 1.29. The van der Waals surface area contributed by atoms with Crippen LogP contribution in [0.4, 0.5) is 0 Å². The molecule has 0 aliphatic rings. The van der Waals surface area contributed by atoms with Crippen LogP contribution in [0.3, 0.4) is 0 Å². The quantitative estimate of drug-likeness (QED) is 0.868. The monoisotopic (exact) mass is 243 g/mol. The zero-order chi connectivity index (χ0) is 12.6. The van der Waals surface area contributed by atoms with E-state index in [4.69, 9.17) is 10.5 Å². The molecule has 16 heavy (non-hydrogen) atoms. The van der Waals surface area contributed by atoms with E-state index in [1.54, 1.807) is 32.0 Å². The Balaban J connectivity index is 3.64. The summed E-state index contributed by atoms with van der Waals surface area (Å²) in [5, 5.41) is 0. The van der Waals surface area contributed by atoms with Gasteiger partial charge in [0.2, 0.25) is 0 Å². The second-order valence-corrected chi connectivity index (χ2v) is 6.31. The molecule has 0 heterocycles. The lowest BCUT2D eigenvalue weighted by Crippen LogP contribution is -2.31. The minimum absolute atomic E-state index is 0.222. The van der Waals surface area contributed by atoms with Gasteiger partial charge >= 0.3 is 0 Å². The van der Waals surface area contributed by atoms with E-state index in [0.29, 0.717) is 11.3 Å². The van der Waals surface area contributed by atoms with Gasteiger partial charge in [-0.3, -0.25) is 0 Å². The van der Waals surface area contributed by atoms with Crippen molar-refractivity contribution in [2.24, 2.45) is 5.73 Å². The summed E-state index contributed by atoms with van der Waals surface area (Å²) >= 11 is 0. The van der Waals surface area contributed by atoms with E-state index in [-0.39, 0.29) is 4.90 Å². The lowest BCUT2D eigenvalue weighted by atomic mass is 9.94. The number of hydrogen-bond donors (Lipinski definition) is 1. The van der Waals surface area contributed by atoms with Gasteiger partial charge in [-0.05, 0) is 26.0 Å². The van der Waals surface area contributed by atoms with Crippen molar-refractivity contribution in [1.82, 2.24) is 0 Å². The lowest BCUT2D eigenvalue weighted by molar-refractivity contribution is 0.390. The first-order valence-corrected chi connectivity index (χ1v) is 6.73. The van der Waals surface area contributed by atoms with Crippen LogP contribution in [0.25, 0.3) is 0 Å². The van der Waals surface area contributed by atoms with Gasteiger partial charge < -0.3 is 10.5 Å². The molecule has 0 aliphatic carbocycles. The fraction of sp³-hybridized carbons (Fsp3) is 0.455. The lowest BCUT2D eigenvalue weighted by Gasteiger charge is -2.24. The number of nitrogens with two attached hydrogens (primary N) is 1. The number of benzene rings is 1. The number of hydrogen-bond acceptors (Lipinski definition) is 4. The number of methoxy groups -OCH3 is 1. The van der Waals surface area contributed by atoms with E-state index in [0.717, 1.165) is 6.26 Å². The van der Waals surface area contributed by atoms with Crippen LogP contribution < -0.4 is 10.5 Å². The fourth-order valence-corrected chi connectivity index (χ4v) is 2.69. The number of ether oxygens (including phenoxy) is 1. The highest BCUT2D eigenvalue weighted by atomic mass is 32.2. The van der Waals surface area contributed by atoms with Crippen LogP contribution in [0.2, 0.25) is 0 Å². The van der Waals surface area contributed by atoms with E-state index < -0.39 is 15.4 Å². The Morgan fingerprint density at radius 2 is 1.88 bits per heavy atom. The molecule has 0 aromatic heterocycles. The maximum Gasteiger partial charge on any atom is 0.176 e. The summed E-state index contributed by atoms with van der Waals surface area (Å²) in [6.45, 7) is 3.50. The predicted molar refractivity (Wildman–Crippen MR) is 63.3 cm³/mol. The van der Waals surface area contributed by atoms with E-state index in [9.17, 15) is 8.42 Å². The molecule has 0 saturated carbocycles. The Kier molecular flexibility index (Phi) is 3.30. The Hall–Kier alpha value is -1.07. The zero-order valence-electron chi connectivity index (χ0n) is 9.94. The first kappa shape index (κ1) is 13.0. The van der Waals surface area contributed by atoms with Crippen LogP contribution >= 0.6 is 0 Å². The fourth-order valence-electron chi connectivity index (χ4n) is 1.63. The number of sulfone groups is 1. The standard InChI is InChI=1S/C11H17NO3S/c1-11(2,12)10-8(15-3)6-5-7-9(10)16(4,13)14/h5-7H,12H2,1-4H3. The first-order chi connectivity index (χ1) is 7.18. The van der Waals surface area contributed by atoms with Crippen molar-refractivity contribution in [3.8, 4) is 5.75 Å². The molecule has 0 spiro atoms. The molecule has 0 aliphatic heterocycles. The SMILES string of the molecule is COc1cccc(S(C)(=O)=O)c1C(C)(C)N. The maximum atomic E-state index is 11.7. The average molecular weight is 243 g/mol. The summed E-state index contributed by atoms with van der Waals surface area (Å²) in [5.41, 5.74) is 5.73. The largest absolute Gasteiger partial charge is 0.496 e. The minimum Gasteiger partial charge on any atom is -0.496 e. The molecule has 0 atom stereocenters. The maximum absolute atomic E-state index is 11.7. The summed E-state index contributed by atoms with van der Waals surface area (Å²) in [5.74, 6) is 0.496. The van der Waals surface area contributed by atoms with Crippen molar-refractivity contribution in [3.63, 3.8) is 0 Å². The van der Waals surface area contributed by atoms with Gasteiger partial charge in [0.15, 0.2) is 9.84 Å². The zero-order valence-corrected chi connectivity index (χ0v) is 10.8. The van der Waals surface area contributed by atoms with E-state index in [1.165, 1.54) is 7.11 Å². The van der Waals surface area contributed by atoms with Crippen LogP contribution in [-0.4, -0.2) is 21.8 Å². The van der Waals surface area contributed by atoms with Gasteiger partial charge in [0.1, 0.15) is 5.75 Å². The van der Waals surface area contributed by atoms with E-state index in [2.05, 4.69) is 0 Å². The molecule has 0 unspecified atom stereocenters. The van der Waals surface area contributed by atoms with Gasteiger partial charge in [-0.25, -0.2) is 8.42 Å². The average Bonchev–Trinajstić information content (AvgIpc) is 2.13. The third-order valence-electron chi connectivity index (χ3n) is 2.25. The molecule has 1 aromatic carbocycles. The highest BCUT2D eigenvalue weighted by Gasteiger charge is 2.27. The highest BCUT2D eigenvalue weighted by Crippen LogP contribution is 2.33. The van der Waals surface area contributed by atoms with Crippen LogP contribution in [0, 0.1) is 0 Å². The molecule has 5 heteroatoms. The molecular formula is C11H17NO3S. The molecule has 0 fully saturated rings. The topological polar surface area (TPSA) is 69.4 Å². The number of rotatable bonds is 3. The van der Waals surface area contributed by atoms with Crippen LogP contribution in [0.1, 0.15) is 19.4 Å². The minimum atomic E-state index is -3.31. The van der Waals surface area contributed by atoms with Gasteiger partial charge in [-0.15, -0.1) is 0 Å². The third-order valence-corrected chi connectivity index (χ3v) is 3.39. The first-order valence-electron chi connectivity index (χ1n) is 4.84. The molecule has 1 aromatic rings. The Morgan fingerprint density at radius 1 is 1.31 bits per heavy atom. The van der Waals surface area contributed by atoms with Gasteiger partial charge in [-0.1, -0.05) is 6.07 Å². The summed E-state index contributed by atoms with van der Waals surface area (Å²) in [6.07, 6.45) is 1.16. The molecule has 0 saturated heterocycles. The third kappa shape index (κ3) is 2.54. The van der Waals surface area contributed by atoms with Crippen LogP contribution in [0.5, 0.6) is 5.75 Å². The molecule has 1 rings (SSSR count). The molecule has 0 bridgehead atoms. The van der Waals surface area contributed by atoms with Gasteiger partial charge in [-0.2, -0.15) is 0 Å². The van der Waals surface area contributed by atoms with Crippen molar-refractivity contribution in [3.05, 3.63) is 23.8 Å². The second kappa shape index (κ2) is 4.07. The Labute approximate surface area is 96.3 Å². The molecular weight excluding hydrogens is 226 g/mol. The highest BCUT2D eigenvalue weighted by molar-refractivity contribution is 7.90. The molecule has 2 N–H and O–H groups in total. The summed E-state index contributed by atoms with van der Waals surface area (Å²) in [6, 6.07) is 4.89. The van der Waals surface area contributed by atoms with Crippen molar-refractivity contribution in [2.75, 3.05) is 13.4 Å². The van der Waals surface area contributed by atoms with Crippen molar-refractivity contribution >= 4 is 9.84 Å².